The number of likely N-dealkylation sites (N-methyl/N-ethyl adjacent to an activating group) is 1. The van der Waals surface area contributed by atoms with Crippen molar-refractivity contribution in [1.82, 2.24) is 5.32 Å². The Labute approximate surface area is 129 Å². The van der Waals surface area contributed by atoms with Crippen molar-refractivity contribution in [1.29, 1.82) is 0 Å². The monoisotopic (exact) mass is 291 g/mol. The van der Waals surface area contributed by atoms with Gasteiger partial charge in [-0.05, 0) is 56.3 Å². The predicted molar refractivity (Wildman–Crippen MR) is 87.2 cm³/mol. The van der Waals surface area contributed by atoms with Crippen molar-refractivity contribution in [2.75, 3.05) is 13.7 Å². The van der Waals surface area contributed by atoms with Crippen molar-refractivity contribution in [2.24, 2.45) is 5.92 Å². The van der Waals surface area contributed by atoms with Gasteiger partial charge < -0.3 is 14.8 Å². The highest BCUT2D eigenvalue weighted by molar-refractivity contribution is 5.42. The molecule has 1 aromatic carbocycles. The molecule has 1 aliphatic rings. The van der Waals surface area contributed by atoms with Crippen molar-refractivity contribution < 1.29 is 9.47 Å². The fourth-order valence-electron chi connectivity index (χ4n) is 3.24. The maximum absolute atomic E-state index is 6.34. The van der Waals surface area contributed by atoms with Gasteiger partial charge in [0.1, 0.15) is 6.10 Å². The van der Waals surface area contributed by atoms with E-state index in [-0.39, 0.29) is 6.10 Å². The van der Waals surface area contributed by atoms with E-state index in [0.717, 1.165) is 30.4 Å². The SMILES string of the molecule is CCNC1CCC(CC)CC1Oc1ccc(C)cc1OC. The molecule has 2 rings (SSSR count). The molecule has 3 unspecified atom stereocenters. The summed E-state index contributed by atoms with van der Waals surface area (Å²) >= 11 is 0. The molecule has 0 aromatic heterocycles. The summed E-state index contributed by atoms with van der Waals surface area (Å²) < 4.78 is 11.8. The molecule has 3 nitrogen and oxygen atoms in total. The Bertz CT molecular complexity index is 447. The van der Waals surface area contributed by atoms with Crippen LogP contribution in [0.4, 0.5) is 0 Å². The second-order valence-electron chi connectivity index (χ2n) is 6.06. The molecule has 0 bridgehead atoms. The maximum atomic E-state index is 6.34. The van der Waals surface area contributed by atoms with E-state index in [9.17, 15) is 0 Å². The molecule has 1 saturated carbocycles. The summed E-state index contributed by atoms with van der Waals surface area (Å²) in [6.07, 6.45) is 5.11. The van der Waals surface area contributed by atoms with Crippen LogP contribution in [0.5, 0.6) is 11.5 Å². The van der Waals surface area contributed by atoms with E-state index in [1.807, 2.05) is 12.1 Å². The zero-order valence-electron chi connectivity index (χ0n) is 13.8. The first kappa shape index (κ1) is 16.2. The molecule has 3 heteroatoms. The lowest BCUT2D eigenvalue weighted by Gasteiger charge is -2.36. The Kier molecular flexibility index (Phi) is 5.92. The van der Waals surface area contributed by atoms with Gasteiger partial charge in [0.05, 0.1) is 7.11 Å². The van der Waals surface area contributed by atoms with Crippen LogP contribution >= 0.6 is 0 Å². The van der Waals surface area contributed by atoms with Gasteiger partial charge in [-0.25, -0.2) is 0 Å². The Hall–Kier alpha value is -1.22. The number of hydrogen-bond donors (Lipinski definition) is 1. The van der Waals surface area contributed by atoms with Crippen LogP contribution < -0.4 is 14.8 Å². The molecule has 0 aliphatic heterocycles. The zero-order valence-corrected chi connectivity index (χ0v) is 13.8. The lowest BCUT2D eigenvalue weighted by molar-refractivity contribution is 0.0829. The zero-order chi connectivity index (χ0) is 15.2. The van der Waals surface area contributed by atoms with Gasteiger partial charge in [-0.15, -0.1) is 0 Å². The maximum Gasteiger partial charge on any atom is 0.161 e. The van der Waals surface area contributed by atoms with E-state index >= 15 is 0 Å². The molecule has 21 heavy (non-hydrogen) atoms. The summed E-state index contributed by atoms with van der Waals surface area (Å²) in [6.45, 7) is 7.50. The van der Waals surface area contributed by atoms with Crippen LogP contribution in [-0.2, 0) is 0 Å². The Balaban J connectivity index is 2.13. The average molecular weight is 291 g/mol. The molecule has 1 N–H and O–H groups in total. The van der Waals surface area contributed by atoms with E-state index in [0.29, 0.717) is 6.04 Å². The molecule has 0 saturated heterocycles. The average Bonchev–Trinajstić information content (AvgIpc) is 2.50. The summed E-state index contributed by atoms with van der Waals surface area (Å²) in [5.74, 6) is 2.48. The highest BCUT2D eigenvalue weighted by Gasteiger charge is 2.31. The lowest BCUT2D eigenvalue weighted by atomic mass is 9.82. The third-order valence-electron chi connectivity index (χ3n) is 4.54. The lowest BCUT2D eigenvalue weighted by Crippen LogP contribution is -2.47. The van der Waals surface area contributed by atoms with Gasteiger partial charge in [0.15, 0.2) is 11.5 Å². The fraction of sp³-hybridized carbons (Fsp3) is 0.667. The minimum Gasteiger partial charge on any atom is -0.493 e. The van der Waals surface area contributed by atoms with Crippen molar-refractivity contribution >= 4 is 0 Å². The Morgan fingerprint density at radius 3 is 2.67 bits per heavy atom. The number of rotatable bonds is 6. The predicted octanol–water partition coefficient (Wildman–Crippen LogP) is 3.94. The minimum atomic E-state index is 0.236. The third kappa shape index (κ3) is 4.13. The van der Waals surface area contributed by atoms with Gasteiger partial charge in [0.25, 0.3) is 0 Å². The Morgan fingerprint density at radius 1 is 1.19 bits per heavy atom. The summed E-state index contributed by atoms with van der Waals surface area (Å²) in [7, 11) is 1.71. The molecule has 118 valence electrons. The second kappa shape index (κ2) is 7.69. The summed E-state index contributed by atoms with van der Waals surface area (Å²) in [6, 6.07) is 6.61. The number of methoxy groups -OCH3 is 1. The number of aryl methyl sites for hydroxylation is 1. The second-order valence-corrected chi connectivity index (χ2v) is 6.06. The van der Waals surface area contributed by atoms with Gasteiger partial charge in [-0.2, -0.15) is 0 Å². The van der Waals surface area contributed by atoms with Gasteiger partial charge in [0, 0.05) is 6.04 Å². The van der Waals surface area contributed by atoms with Crippen LogP contribution in [0.3, 0.4) is 0 Å². The standard InChI is InChI=1S/C18H29NO2/c1-5-14-8-9-15(19-6-2)17(12-14)21-16-10-7-13(3)11-18(16)20-4/h7,10-11,14-15,17,19H,5-6,8-9,12H2,1-4H3. The molecule has 0 amide bonds. The van der Waals surface area contributed by atoms with E-state index in [1.165, 1.54) is 24.8 Å². The summed E-state index contributed by atoms with van der Waals surface area (Å²) in [5, 5.41) is 3.58. The summed E-state index contributed by atoms with van der Waals surface area (Å²) in [4.78, 5) is 0. The molecular formula is C18H29NO2. The molecule has 0 radical (unpaired) electrons. The summed E-state index contributed by atoms with van der Waals surface area (Å²) in [5.41, 5.74) is 1.19. The largest absolute Gasteiger partial charge is 0.493 e. The van der Waals surface area contributed by atoms with E-state index < -0.39 is 0 Å². The normalized spacial score (nSPS) is 25.6. The quantitative estimate of drug-likeness (QED) is 0.861. The van der Waals surface area contributed by atoms with E-state index in [2.05, 4.69) is 32.2 Å². The highest BCUT2D eigenvalue weighted by Crippen LogP contribution is 2.34. The molecule has 0 heterocycles. The molecule has 1 fully saturated rings. The highest BCUT2D eigenvalue weighted by atomic mass is 16.5. The smallest absolute Gasteiger partial charge is 0.161 e. The third-order valence-corrected chi connectivity index (χ3v) is 4.54. The number of ether oxygens (including phenoxy) is 2. The van der Waals surface area contributed by atoms with Crippen molar-refractivity contribution in [3.8, 4) is 11.5 Å². The van der Waals surface area contributed by atoms with Gasteiger partial charge >= 0.3 is 0 Å². The fourth-order valence-corrected chi connectivity index (χ4v) is 3.24. The van der Waals surface area contributed by atoms with Gasteiger partial charge in [-0.1, -0.05) is 26.3 Å². The van der Waals surface area contributed by atoms with Crippen molar-refractivity contribution in [2.45, 2.75) is 58.6 Å². The minimum absolute atomic E-state index is 0.236. The first-order valence-corrected chi connectivity index (χ1v) is 8.22. The molecular weight excluding hydrogens is 262 g/mol. The van der Waals surface area contributed by atoms with Crippen molar-refractivity contribution in [3.05, 3.63) is 23.8 Å². The van der Waals surface area contributed by atoms with Crippen LogP contribution in [0.25, 0.3) is 0 Å². The van der Waals surface area contributed by atoms with Crippen LogP contribution in [0.15, 0.2) is 18.2 Å². The molecule has 3 atom stereocenters. The van der Waals surface area contributed by atoms with Gasteiger partial charge in [-0.3, -0.25) is 0 Å². The number of hydrogen-bond acceptors (Lipinski definition) is 3. The van der Waals surface area contributed by atoms with E-state index in [1.54, 1.807) is 7.11 Å². The number of nitrogens with one attached hydrogen (secondary N) is 1. The van der Waals surface area contributed by atoms with Crippen LogP contribution in [-0.4, -0.2) is 25.8 Å². The van der Waals surface area contributed by atoms with Crippen molar-refractivity contribution in [3.63, 3.8) is 0 Å². The number of benzene rings is 1. The topological polar surface area (TPSA) is 30.5 Å². The molecule has 0 spiro atoms. The molecule has 1 aliphatic carbocycles. The first-order chi connectivity index (χ1) is 10.2. The Morgan fingerprint density at radius 2 is 2.00 bits per heavy atom. The van der Waals surface area contributed by atoms with Crippen LogP contribution in [0, 0.1) is 12.8 Å². The van der Waals surface area contributed by atoms with Crippen LogP contribution in [0.1, 0.15) is 45.1 Å². The molecule has 1 aromatic rings. The van der Waals surface area contributed by atoms with Gasteiger partial charge in [0.2, 0.25) is 0 Å². The van der Waals surface area contributed by atoms with E-state index in [4.69, 9.17) is 9.47 Å². The first-order valence-electron chi connectivity index (χ1n) is 8.22. The van der Waals surface area contributed by atoms with Crippen LogP contribution in [0.2, 0.25) is 0 Å².